The average Bonchev–Trinajstić information content (AvgIpc) is 3.26. The maximum absolute atomic E-state index is 13.7. The molecule has 7 heteroatoms. The lowest BCUT2D eigenvalue weighted by Gasteiger charge is -2.27. The largest absolute Gasteiger partial charge is 0.350 e. The summed E-state index contributed by atoms with van der Waals surface area (Å²) in [4.78, 5) is 33.8. The van der Waals surface area contributed by atoms with E-state index in [2.05, 4.69) is 45.3 Å². The quantitative estimate of drug-likeness (QED) is 0.512. The highest BCUT2D eigenvalue weighted by atomic mass is 79.9. The topological polar surface area (TPSA) is 62.3 Å². The van der Waals surface area contributed by atoms with Crippen LogP contribution in [0.1, 0.15) is 44.3 Å². The smallest absolute Gasteiger partial charge is 0.274 e. The van der Waals surface area contributed by atoms with Crippen molar-refractivity contribution in [3.8, 4) is 10.4 Å². The Hall–Kier alpha value is -2.51. The van der Waals surface area contributed by atoms with Crippen molar-refractivity contribution < 1.29 is 9.59 Å². The first-order valence-electron chi connectivity index (χ1n) is 10.8. The van der Waals surface area contributed by atoms with Crippen molar-refractivity contribution in [1.82, 2.24) is 15.2 Å². The van der Waals surface area contributed by atoms with Crippen LogP contribution in [0.4, 0.5) is 0 Å². The van der Waals surface area contributed by atoms with E-state index >= 15 is 0 Å². The number of piperidine rings is 1. The van der Waals surface area contributed by atoms with E-state index in [9.17, 15) is 9.59 Å². The molecule has 0 radical (unpaired) electrons. The molecule has 1 saturated carbocycles. The van der Waals surface area contributed by atoms with Gasteiger partial charge >= 0.3 is 0 Å². The predicted octanol–water partition coefficient (Wildman–Crippen LogP) is 5.22. The Bertz CT molecular complexity index is 1190. The number of hydrogen-bond donors (Lipinski definition) is 1. The van der Waals surface area contributed by atoms with Crippen LogP contribution >= 0.6 is 27.3 Å². The van der Waals surface area contributed by atoms with Crippen LogP contribution in [0.5, 0.6) is 0 Å². The minimum Gasteiger partial charge on any atom is -0.350 e. The summed E-state index contributed by atoms with van der Waals surface area (Å²) in [7, 11) is 0. The minimum absolute atomic E-state index is 0.00184. The second-order valence-corrected chi connectivity index (χ2v) is 10.8. The van der Waals surface area contributed by atoms with E-state index in [4.69, 9.17) is 0 Å². The van der Waals surface area contributed by atoms with Crippen molar-refractivity contribution in [3.05, 3.63) is 74.8 Å². The fourth-order valence-electron chi connectivity index (χ4n) is 4.65. The fraction of sp³-hybridized carbons (Fsp3) is 0.320. The van der Waals surface area contributed by atoms with E-state index in [1.54, 1.807) is 23.5 Å². The lowest BCUT2D eigenvalue weighted by atomic mass is 10.1. The van der Waals surface area contributed by atoms with Gasteiger partial charge in [0.05, 0.1) is 15.9 Å². The van der Waals surface area contributed by atoms with Gasteiger partial charge in [-0.15, -0.1) is 11.3 Å². The van der Waals surface area contributed by atoms with E-state index in [1.165, 1.54) is 0 Å². The van der Waals surface area contributed by atoms with Crippen LogP contribution in [-0.2, 0) is 0 Å². The van der Waals surface area contributed by atoms with Gasteiger partial charge in [0.2, 0.25) is 0 Å². The maximum Gasteiger partial charge on any atom is 0.274 e. The SMILES string of the molecule is Cc1cccc(-c2sc(C)nc2C(=O)N2[C@H](CNC(=O)c3ccc(Br)cc3)C[C@H]3C[C@@H]32)c1. The van der Waals surface area contributed by atoms with Gasteiger partial charge in [0.1, 0.15) is 5.69 Å². The molecule has 2 aliphatic rings. The van der Waals surface area contributed by atoms with Crippen molar-refractivity contribution in [3.63, 3.8) is 0 Å². The van der Waals surface area contributed by atoms with Crippen LogP contribution in [0.2, 0.25) is 0 Å². The molecule has 164 valence electrons. The zero-order valence-electron chi connectivity index (χ0n) is 18.0. The number of nitrogens with zero attached hydrogens (tertiary/aromatic N) is 2. The molecule has 3 atom stereocenters. The van der Waals surface area contributed by atoms with Gasteiger partial charge in [0, 0.05) is 22.6 Å². The van der Waals surface area contributed by atoms with Crippen LogP contribution in [0.15, 0.2) is 53.0 Å². The Kier molecular flexibility index (Phi) is 5.63. The number of thiazole rings is 1. The van der Waals surface area contributed by atoms with Crippen LogP contribution < -0.4 is 5.32 Å². The highest BCUT2D eigenvalue weighted by Crippen LogP contribution is 2.48. The molecule has 2 aromatic carbocycles. The van der Waals surface area contributed by atoms with Crippen molar-refractivity contribution in [1.29, 1.82) is 0 Å². The predicted molar refractivity (Wildman–Crippen MR) is 130 cm³/mol. The molecule has 1 aliphatic heterocycles. The first-order chi connectivity index (χ1) is 15.4. The number of aromatic nitrogens is 1. The summed E-state index contributed by atoms with van der Waals surface area (Å²) in [5.74, 6) is 0.407. The average molecular weight is 510 g/mol. The number of hydrogen-bond acceptors (Lipinski definition) is 4. The lowest BCUT2D eigenvalue weighted by Crippen LogP contribution is -2.45. The van der Waals surface area contributed by atoms with E-state index < -0.39 is 0 Å². The number of fused-ring (bicyclic) bond motifs is 1. The van der Waals surface area contributed by atoms with Gasteiger partial charge in [0.15, 0.2) is 0 Å². The fourth-order valence-corrected chi connectivity index (χ4v) is 5.82. The van der Waals surface area contributed by atoms with Crippen molar-refractivity contribution in [2.75, 3.05) is 6.54 Å². The van der Waals surface area contributed by atoms with E-state index in [-0.39, 0.29) is 23.9 Å². The van der Waals surface area contributed by atoms with Gasteiger partial charge in [-0.3, -0.25) is 9.59 Å². The van der Waals surface area contributed by atoms with Gasteiger partial charge in [0.25, 0.3) is 11.8 Å². The van der Waals surface area contributed by atoms with E-state index in [1.807, 2.05) is 36.1 Å². The molecule has 5 rings (SSSR count). The highest BCUT2D eigenvalue weighted by Gasteiger charge is 2.54. The standard InChI is InChI=1S/C25H24BrN3O2S/c1-14-4-3-5-17(10-14)23-22(28-15(2)32-23)25(31)29-20(11-18-12-21(18)29)13-27-24(30)16-6-8-19(26)9-7-16/h3-10,18,20-21H,11-13H2,1-2H3,(H,27,30)/t18-,20-,21-/m0/s1. The van der Waals surface area contributed by atoms with Gasteiger partial charge in [-0.25, -0.2) is 4.98 Å². The Morgan fingerprint density at radius 1 is 1.16 bits per heavy atom. The zero-order chi connectivity index (χ0) is 22.4. The summed E-state index contributed by atoms with van der Waals surface area (Å²) >= 11 is 4.96. The molecule has 32 heavy (non-hydrogen) atoms. The molecule has 1 N–H and O–H groups in total. The van der Waals surface area contributed by atoms with Crippen molar-refractivity contribution >= 4 is 39.1 Å². The Morgan fingerprint density at radius 2 is 1.94 bits per heavy atom. The summed E-state index contributed by atoms with van der Waals surface area (Å²) in [5, 5.41) is 3.92. The molecule has 2 heterocycles. The number of likely N-dealkylation sites (tertiary alicyclic amines) is 1. The number of nitrogens with one attached hydrogen (secondary N) is 1. The summed E-state index contributed by atoms with van der Waals surface area (Å²) in [5.41, 5.74) is 3.34. The summed E-state index contributed by atoms with van der Waals surface area (Å²) in [6.45, 7) is 4.45. The Morgan fingerprint density at radius 3 is 2.69 bits per heavy atom. The maximum atomic E-state index is 13.7. The number of carbonyl (C=O) groups is 2. The second-order valence-electron chi connectivity index (χ2n) is 8.66. The third-order valence-electron chi connectivity index (χ3n) is 6.27. The molecular weight excluding hydrogens is 486 g/mol. The summed E-state index contributed by atoms with van der Waals surface area (Å²) in [6.07, 6.45) is 1.98. The zero-order valence-corrected chi connectivity index (χ0v) is 20.4. The highest BCUT2D eigenvalue weighted by molar-refractivity contribution is 9.10. The Balaban J connectivity index is 1.35. The van der Waals surface area contributed by atoms with Gasteiger partial charge in [-0.2, -0.15) is 0 Å². The molecule has 1 aliphatic carbocycles. The molecule has 5 nitrogen and oxygen atoms in total. The molecule has 2 amide bonds. The van der Waals surface area contributed by atoms with Crippen LogP contribution in [0, 0.1) is 19.8 Å². The first kappa shape index (κ1) is 21.3. The molecular formula is C25H24BrN3O2S. The second kappa shape index (κ2) is 8.45. The summed E-state index contributed by atoms with van der Waals surface area (Å²) in [6, 6.07) is 15.8. The van der Waals surface area contributed by atoms with E-state index in [0.29, 0.717) is 23.7 Å². The molecule has 0 unspecified atom stereocenters. The normalized spacial score (nSPS) is 21.3. The third kappa shape index (κ3) is 4.11. The number of amides is 2. The van der Waals surface area contributed by atoms with Crippen molar-refractivity contribution in [2.24, 2.45) is 5.92 Å². The van der Waals surface area contributed by atoms with Gasteiger partial charge < -0.3 is 10.2 Å². The minimum atomic E-state index is -0.115. The number of benzene rings is 2. The first-order valence-corrected chi connectivity index (χ1v) is 12.4. The third-order valence-corrected chi connectivity index (χ3v) is 7.82. The Labute approximate surface area is 200 Å². The molecule has 2 fully saturated rings. The van der Waals surface area contributed by atoms with Crippen LogP contribution in [0.3, 0.4) is 0 Å². The molecule has 0 bridgehead atoms. The molecule has 3 aromatic rings. The van der Waals surface area contributed by atoms with Gasteiger partial charge in [-0.1, -0.05) is 45.8 Å². The molecule has 1 saturated heterocycles. The van der Waals surface area contributed by atoms with Crippen LogP contribution in [0.25, 0.3) is 10.4 Å². The summed E-state index contributed by atoms with van der Waals surface area (Å²) < 4.78 is 0.935. The molecule has 0 spiro atoms. The van der Waals surface area contributed by atoms with E-state index in [0.717, 1.165) is 38.3 Å². The number of aryl methyl sites for hydroxylation is 2. The van der Waals surface area contributed by atoms with Crippen LogP contribution in [-0.4, -0.2) is 40.3 Å². The monoisotopic (exact) mass is 509 g/mol. The number of halogens is 1. The molecule has 1 aromatic heterocycles. The van der Waals surface area contributed by atoms with Gasteiger partial charge in [-0.05, 0) is 62.4 Å². The lowest BCUT2D eigenvalue weighted by molar-refractivity contribution is 0.0684. The van der Waals surface area contributed by atoms with Crippen molar-refractivity contribution in [2.45, 2.75) is 38.8 Å². The number of carbonyl (C=O) groups excluding carboxylic acids is 2. The number of rotatable bonds is 5.